The molecule has 16 heavy (non-hydrogen) atoms. The summed E-state index contributed by atoms with van der Waals surface area (Å²) in [5.74, 6) is 0.174. The number of benzene rings is 1. The van der Waals surface area contributed by atoms with Gasteiger partial charge in [-0.1, -0.05) is 19.4 Å². The Labute approximate surface area is 96.1 Å². The summed E-state index contributed by atoms with van der Waals surface area (Å²) in [6.07, 6.45) is 1.60. The fraction of sp³-hybridized carbons (Fsp3) is 0.538. The summed E-state index contributed by atoms with van der Waals surface area (Å²) in [4.78, 5) is 0. The summed E-state index contributed by atoms with van der Waals surface area (Å²) in [6.45, 7) is 4.45. The first-order valence-electron chi connectivity index (χ1n) is 5.73. The molecule has 1 atom stereocenters. The van der Waals surface area contributed by atoms with E-state index in [9.17, 15) is 4.39 Å². The molecule has 1 aromatic carbocycles. The molecule has 0 aliphatic carbocycles. The van der Waals surface area contributed by atoms with Crippen LogP contribution < -0.4 is 4.74 Å². The van der Waals surface area contributed by atoms with Crippen LogP contribution in [-0.2, 0) is 6.42 Å². The fourth-order valence-corrected chi connectivity index (χ4v) is 1.62. The molecule has 2 nitrogen and oxygen atoms in total. The van der Waals surface area contributed by atoms with E-state index in [4.69, 9.17) is 9.84 Å². The van der Waals surface area contributed by atoms with Crippen molar-refractivity contribution in [2.24, 2.45) is 5.92 Å². The van der Waals surface area contributed by atoms with Gasteiger partial charge in [0.25, 0.3) is 0 Å². The third-order valence-electron chi connectivity index (χ3n) is 2.66. The number of hydrogen-bond acceptors (Lipinski definition) is 2. The van der Waals surface area contributed by atoms with Crippen molar-refractivity contribution < 1.29 is 14.2 Å². The average molecular weight is 226 g/mol. The van der Waals surface area contributed by atoms with Crippen molar-refractivity contribution in [1.29, 1.82) is 0 Å². The second-order valence-electron chi connectivity index (χ2n) is 3.86. The molecule has 3 heteroatoms. The van der Waals surface area contributed by atoms with Crippen molar-refractivity contribution in [3.05, 3.63) is 29.6 Å². The Hall–Kier alpha value is -1.09. The Morgan fingerprint density at radius 3 is 2.62 bits per heavy atom. The molecule has 0 spiro atoms. The first-order valence-corrected chi connectivity index (χ1v) is 5.73. The molecule has 1 unspecified atom stereocenters. The lowest BCUT2D eigenvalue weighted by Gasteiger charge is -2.12. The highest BCUT2D eigenvalue weighted by Crippen LogP contribution is 2.20. The predicted octanol–water partition coefficient (Wildman–Crippen LogP) is 2.79. The van der Waals surface area contributed by atoms with Crippen molar-refractivity contribution in [2.75, 3.05) is 13.2 Å². The van der Waals surface area contributed by atoms with E-state index in [0.29, 0.717) is 18.8 Å². The number of rotatable bonds is 6. The van der Waals surface area contributed by atoms with Crippen LogP contribution in [0.3, 0.4) is 0 Å². The Kier molecular flexibility index (Phi) is 5.26. The molecule has 0 saturated carbocycles. The van der Waals surface area contributed by atoms with Gasteiger partial charge in [-0.05, 0) is 37.0 Å². The van der Waals surface area contributed by atoms with Crippen LogP contribution in [0.15, 0.2) is 18.2 Å². The van der Waals surface area contributed by atoms with Crippen molar-refractivity contribution in [3.8, 4) is 5.75 Å². The standard InChI is InChI=1S/C13H19FO2/c1-3-10(9-15)7-11-5-6-13(16-4-2)12(14)8-11/h5-6,8,10,15H,3-4,7,9H2,1-2H3. The Balaban J connectivity index is 2.72. The molecule has 0 amide bonds. The number of aliphatic hydroxyl groups is 1. The lowest BCUT2D eigenvalue weighted by atomic mass is 9.98. The van der Waals surface area contributed by atoms with Crippen LogP contribution in [0, 0.1) is 11.7 Å². The maximum atomic E-state index is 13.5. The largest absolute Gasteiger partial charge is 0.491 e. The minimum atomic E-state index is -0.327. The van der Waals surface area contributed by atoms with Crippen LogP contribution in [0.5, 0.6) is 5.75 Å². The van der Waals surface area contributed by atoms with Gasteiger partial charge in [0.2, 0.25) is 0 Å². The molecule has 0 saturated heterocycles. The first-order chi connectivity index (χ1) is 7.71. The van der Waals surface area contributed by atoms with E-state index in [1.54, 1.807) is 6.07 Å². The maximum Gasteiger partial charge on any atom is 0.165 e. The van der Waals surface area contributed by atoms with Gasteiger partial charge in [0.1, 0.15) is 0 Å². The fourth-order valence-electron chi connectivity index (χ4n) is 1.62. The predicted molar refractivity (Wildman–Crippen MR) is 62.1 cm³/mol. The van der Waals surface area contributed by atoms with Gasteiger partial charge in [0, 0.05) is 6.61 Å². The van der Waals surface area contributed by atoms with Gasteiger partial charge >= 0.3 is 0 Å². The molecule has 0 heterocycles. The number of hydrogen-bond donors (Lipinski definition) is 1. The van der Waals surface area contributed by atoms with Crippen LogP contribution in [0.1, 0.15) is 25.8 Å². The molecular weight excluding hydrogens is 207 g/mol. The van der Waals surface area contributed by atoms with Crippen molar-refractivity contribution in [2.45, 2.75) is 26.7 Å². The molecule has 90 valence electrons. The average Bonchev–Trinajstić information content (AvgIpc) is 2.29. The van der Waals surface area contributed by atoms with E-state index in [0.717, 1.165) is 12.0 Å². The van der Waals surface area contributed by atoms with Crippen molar-refractivity contribution >= 4 is 0 Å². The van der Waals surface area contributed by atoms with Crippen molar-refractivity contribution in [3.63, 3.8) is 0 Å². The summed E-state index contributed by atoms with van der Waals surface area (Å²) in [5, 5.41) is 9.08. The van der Waals surface area contributed by atoms with Gasteiger partial charge in [0.15, 0.2) is 11.6 Å². The van der Waals surface area contributed by atoms with Gasteiger partial charge in [-0.15, -0.1) is 0 Å². The zero-order valence-electron chi connectivity index (χ0n) is 9.87. The Morgan fingerprint density at radius 1 is 1.38 bits per heavy atom. The maximum absolute atomic E-state index is 13.5. The van der Waals surface area contributed by atoms with E-state index >= 15 is 0 Å². The molecule has 1 aromatic rings. The molecule has 1 rings (SSSR count). The van der Waals surface area contributed by atoms with Crippen LogP contribution in [0.25, 0.3) is 0 Å². The summed E-state index contributed by atoms with van der Waals surface area (Å²) < 4.78 is 18.6. The van der Waals surface area contributed by atoms with Gasteiger partial charge in [-0.25, -0.2) is 4.39 Å². The summed E-state index contributed by atoms with van der Waals surface area (Å²) in [6, 6.07) is 4.99. The van der Waals surface area contributed by atoms with Gasteiger partial charge < -0.3 is 9.84 Å². The van der Waals surface area contributed by atoms with Gasteiger partial charge in [0.05, 0.1) is 6.61 Å². The molecule has 1 N–H and O–H groups in total. The summed E-state index contributed by atoms with van der Waals surface area (Å²) in [5.41, 5.74) is 0.904. The third kappa shape index (κ3) is 3.49. The van der Waals surface area contributed by atoms with Crippen LogP contribution in [0.2, 0.25) is 0 Å². The number of ether oxygens (including phenoxy) is 1. The smallest absolute Gasteiger partial charge is 0.165 e. The zero-order valence-corrected chi connectivity index (χ0v) is 9.87. The Morgan fingerprint density at radius 2 is 2.12 bits per heavy atom. The first kappa shape index (κ1) is 13.0. The van der Waals surface area contributed by atoms with Crippen LogP contribution >= 0.6 is 0 Å². The topological polar surface area (TPSA) is 29.5 Å². The van der Waals surface area contributed by atoms with Gasteiger partial charge in [-0.3, -0.25) is 0 Å². The molecular formula is C13H19FO2. The molecule has 0 radical (unpaired) electrons. The zero-order chi connectivity index (χ0) is 12.0. The SMILES string of the molecule is CCOc1ccc(CC(CC)CO)cc1F. The van der Waals surface area contributed by atoms with Crippen LogP contribution in [0.4, 0.5) is 4.39 Å². The minimum Gasteiger partial charge on any atom is -0.491 e. The molecule has 0 bridgehead atoms. The quantitative estimate of drug-likeness (QED) is 0.808. The van der Waals surface area contributed by atoms with E-state index in [-0.39, 0.29) is 18.3 Å². The van der Waals surface area contributed by atoms with Crippen molar-refractivity contribution in [1.82, 2.24) is 0 Å². The molecule has 0 aromatic heterocycles. The van der Waals surface area contributed by atoms with E-state index in [1.165, 1.54) is 6.07 Å². The van der Waals surface area contributed by atoms with Crippen LogP contribution in [-0.4, -0.2) is 18.3 Å². The highest BCUT2D eigenvalue weighted by molar-refractivity contribution is 5.29. The van der Waals surface area contributed by atoms with Gasteiger partial charge in [-0.2, -0.15) is 0 Å². The minimum absolute atomic E-state index is 0.144. The van der Waals surface area contributed by atoms with E-state index in [1.807, 2.05) is 19.9 Å². The summed E-state index contributed by atoms with van der Waals surface area (Å²) in [7, 11) is 0. The number of halogens is 1. The Bertz CT molecular complexity index is 322. The lowest BCUT2D eigenvalue weighted by molar-refractivity contribution is 0.222. The summed E-state index contributed by atoms with van der Waals surface area (Å²) >= 11 is 0. The highest BCUT2D eigenvalue weighted by Gasteiger charge is 2.09. The molecule has 0 aliphatic heterocycles. The monoisotopic (exact) mass is 226 g/mol. The molecule has 0 aliphatic rings. The lowest BCUT2D eigenvalue weighted by Crippen LogP contribution is -2.08. The second kappa shape index (κ2) is 6.48. The second-order valence-corrected chi connectivity index (χ2v) is 3.86. The van der Waals surface area contributed by atoms with E-state index < -0.39 is 0 Å². The normalized spacial score (nSPS) is 12.5. The number of aliphatic hydroxyl groups excluding tert-OH is 1. The highest BCUT2D eigenvalue weighted by atomic mass is 19.1. The molecule has 0 fully saturated rings. The third-order valence-corrected chi connectivity index (χ3v) is 2.66. The van der Waals surface area contributed by atoms with E-state index in [2.05, 4.69) is 0 Å².